The largest absolute Gasteiger partial charge is 0.323 e. The predicted molar refractivity (Wildman–Crippen MR) is 148 cm³/mol. The van der Waals surface area contributed by atoms with Crippen LogP contribution in [0.1, 0.15) is 11.1 Å². The minimum atomic E-state index is -3.96. The summed E-state index contributed by atoms with van der Waals surface area (Å²) in [7, 11) is -3.96. The van der Waals surface area contributed by atoms with E-state index in [1.165, 1.54) is 12.1 Å². The van der Waals surface area contributed by atoms with Gasteiger partial charge < -0.3 is 5.32 Å². The summed E-state index contributed by atoms with van der Waals surface area (Å²) in [6.07, 6.45) is 0. The standard InChI is InChI=1S/C28H25ClN2O3S2/c1-21-11-17-24(18-12-21)31(36(33,34)25-7-3-2-4-8-25)19-28(32)30-26-9-5-6-10-27(26)35-20-22-13-15-23(29)16-14-22/h2-18H,19-20H2,1H3,(H,30,32). The van der Waals surface area contributed by atoms with Gasteiger partial charge in [-0.3, -0.25) is 9.10 Å². The lowest BCUT2D eigenvalue weighted by Gasteiger charge is -2.24. The van der Waals surface area contributed by atoms with E-state index in [0.717, 1.165) is 20.3 Å². The topological polar surface area (TPSA) is 66.5 Å². The summed E-state index contributed by atoms with van der Waals surface area (Å²) in [4.78, 5) is 14.2. The molecule has 0 radical (unpaired) electrons. The molecule has 0 aliphatic heterocycles. The molecule has 1 N–H and O–H groups in total. The van der Waals surface area contributed by atoms with E-state index >= 15 is 0 Å². The number of rotatable bonds is 9. The van der Waals surface area contributed by atoms with Gasteiger partial charge in [-0.05, 0) is 61.0 Å². The first kappa shape index (κ1) is 25.8. The van der Waals surface area contributed by atoms with Crippen molar-refractivity contribution in [2.75, 3.05) is 16.2 Å². The number of nitrogens with zero attached hydrogens (tertiary/aromatic N) is 1. The normalized spacial score (nSPS) is 11.2. The molecule has 0 aliphatic rings. The molecule has 8 heteroatoms. The van der Waals surface area contributed by atoms with Crippen molar-refractivity contribution in [3.63, 3.8) is 0 Å². The Balaban J connectivity index is 1.55. The van der Waals surface area contributed by atoms with E-state index in [4.69, 9.17) is 11.6 Å². The average Bonchev–Trinajstić information content (AvgIpc) is 2.89. The number of hydrogen-bond acceptors (Lipinski definition) is 4. The van der Waals surface area contributed by atoms with E-state index in [-0.39, 0.29) is 11.4 Å². The maximum absolute atomic E-state index is 13.5. The van der Waals surface area contributed by atoms with Crippen LogP contribution in [-0.4, -0.2) is 20.9 Å². The van der Waals surface area contributed by atoms with Crippen molar-refractivity contribution in [2.24, 2.45) is 0 Å². The lowest BCUT2D eigenvalue weighted by Crippen LogP contribution is -2.38. The summed E-state index contributed by atoms with van der Waals surface area (Å²) in [5.41, 5.74) is 3.14. The SMILES string of the molecule is Cc1ccc(N(CC(=O)Nc2ccccc2SCc2ccc(Cl)cc2)S(=O)(=O)c2ccccc2)cc1. The van der Waals surface area contributed by atoms with Gasteiger partial charge in [0.25, 0.3) is 10.0 Å². The van der Waals surface area contributed by atoms with Gasteiger partial charge in [0.2, 0.25) is 5.91 Å². The smallest absolute Gasteiger partial charge is 0.264 e. The van der Waals surface area contributed by atoms with Crippen LogP contribution in [0.5, 0.6) is 0 Å². The number of amides is 1. The molecule has 0 atom stereocenters. The highest BCUT2D eigenvalue weighted by atomic mass is 35.5. The number of para-hydroxylation sites is 1. The Morgan fingerprint density at radius 3 is 2.19 bits per heavy atom. The molecule has 1 amide bonds. The second-order valence-corrected chi connectivity index (χ2v) is 11.4. The fraction of sp³-hybridized carbons (Fsp3) is 0.107. The molecule has 0 spiro atoms. The third kappa shape index (κ3) is 6.49. The zero-order valence-corrected chi connectivity index (χ0v) is 22.0. The Hall–Kier alpha value is -3.26. The first-order chi connectivity index (χ1) is 17.3. The molecule has 0 saturated carbocycles. The van der Waals surface area contributed by atoms with E-state index in [1.54, 1.807) is 42.1 Å². The lowest BCUT2D eigenvalue weighted by atomic mass is 10.2. The predicted octanol–water partition coefficient (Wildman–Crippen LogP) is 6.77. The van der Waals surface area contributed by atoms with Gasteiger partial charge in [0, 0.05) is 15.7 Å². The van der Waals surface area contributed by atoms with Crippen LogP contribution in [0.2, 0.25) is 5.02 Å². The van der Waals surface area contributed by atoms with Gasteiger partial charge in [0.15, 0.2) is 0 Å². The summed E-state index contributed by atoms with van der Waals surface area (Å²) in [6, 6.07) is 30.3. The third-order valence-electron chi connectivity index (χ3n) is 5.41. The molecule has 0 aliphatic carbocycles. The summed E-state index contributed by atoms with van der Waals surface area (Å²) in [5.74, 6) is 0.261. The fourth-order valence-corrected chi connectivity index (χ4v) is 6.04. The lowest BCUT2D eigenvalue weighted by molar-refractivity contribution is -0.114. The van der Waals surface area contributed by atoms with E-state index in [2.05, 4.69) is 5.32 Å². The van der Waals surface area contributed by atoms with Crippen LogP contribution < -0.4 is 9.62 Å². The molecule has 5 nitrogen and oxygen atoms in total. The fourth-order valence-electron chi connectivity index (χ4n) is 3.50. The van der Waals surface area contributed by atoms with Crippen LogP contribution in [-0.2, 0) is 20.6 Å². The quantitative estimate of drug-likeness (QED) is 0.240. The van der Waals surface area contributed by atoms with Gasteiger partial charge in [-0.25, -0.2) is 8.42 Å². The van der Waals surface area contributed by atoms with E-state index in [0.29, 0.717) is 22.2 Å². The molecule has 4 rings (SSSR count). The zero-order chi connectivity index (χ0) is 25.5. The van der Waals surface area contributed by atoms with Gasteiger partial charge in [-0.1, -0.05) is 71.8 Å². The number of nitrogens with one attached hydrogen (secondary N) is 1. The first-order valence-electron chi connectivity index (χ1n) is 11.2. The molecule has 4 aromatic carbocycles. The monoisotopic (exact) mass is 536 g/mol. The van der Waals surface area contributed by atoms with Crippen LogP contribution in [0.3, 0.4) is 0 Å². The van der Waals surface area contributed by atoms with Crippen molar-refractivity contribution in [1.82, 2.24) is 0 Å². The minimum Gasteiger partial charge on any atom is -0.323 e. The Bertz CT molecular complexity index is 1430. The zero-order valence-electron chi connectivity index (χ0n) is 19.6. The number of thioether (sulfide) groups is 1. The number of anilines is 2. The second kappa shape index (κ2) is 11.6. The van der Waals surface area contributed by atoms with Crippen LogP contribution in [0.15, 0.2) is 113 Å². The highest BCUT2D eigenvalue weighted by Crippen LogP contribution is 2.31. The van der Waals surface area contributed by atoms with Crippen molar-refractivity contribution in [3.8, 4) is 0 Å². The van der Waals surface area contributed by atoms with Gasteiger partial charge in [-0.15, -0.1) is 11.8 Å². The first-order valence-corrected chi connectivity index (χ1v) is 14.0. The van der Waals surface area contributed by atoms with Gasteiger partial charge in [0.05, 0.1) is 16.3 Å². The van der Waals surface area contributed by atoms with Crippen molar-refractivity contribution < 1.29 is 13.2 Å². The molecule has 4 aromatic rings. The highest BCUT2D eigenvalue weighted by molar-refractivity contribution is 7.98. The maximum atomic E-state index is 13.5. The molecular formula is C28H25ClN2O3S2. The van der Waals surface area contributed by atoms with Gasteiger partial charge in [-0.2, -0.15) is 0 Å². The van der Waals surface area contributed by atoms with Crippen molar-refractivity contribution in [2.45, 2.75) is 22.5 Å². The van der Waals surface area contributed by atoms with E-state index in [9.17, 15) is 13.2 Å². The van der Waals surface area contributed by atoms with Crippen LogP contribution in [0.25, 0.3) is 0 Å². The number of sulfonamides is 1. The number of hydrogen-bond donors (Lipinski definition) is 1. The van der Waals surface area contributed by atoms with Gasteiger partial charge >= 0.3 is 0 Å². The number of carbonyl (C=O) groups is 1. The third-order valence-corrected chi connectivity index (χ3v) is 8.59. The summed E-state index contributed by atoms with van der Waals surface area (Å²) < 4.78 is 28.1. The molecule has 0 unspecified atom stereocenters. The average molecular weight is 537 g/mol. The molecule has 0 bridgehead atoms. The highest BCUT2D eigenvalue weighted by Gasteiger charge is 2.27. The van der Waals surface area contributed by atoms with E-state index in [1.807, 2.05) is 67.6 Å². The van der Waals surface area contributed by atoms with Crippen molar-refractivity contribution in [1.29, 1.82) is 0 Å². The molecular weight excluding hydrogens is 512 g/mol. The van der Waals surface area contributed by atoms with Gasteiger partial charge in [0.1, 0.15) is 6.54 Å². The Labute approximate surface area is 221 Å². The van der Waals surface area contributed by atoms with Crippen molar-refractivity contribution in [3.05, 3.63) is 119 Å². The van der Waals surface area contributed by atoms with E-state index < -0.39 is 15.9 Å². The van der Waals surface area contributed by atoms with Crippen LogP contribution in [0.4, 0.5) is 11.4 Å². The summed E-state index contributed by atoms with van der Waals surface area (Å²) >= 11 is 7.55. The molecule has 0 aromatic heterocycles. The molecule has 0 fully saturated rings. The Morgan fingerprint density at radius 1 is 0.861 bits per heavy atom. The second-order valence-electron chi connectivity index (χ2n) is 8.12. The Morgan fingerprint density at radius 2 is 1.50 bits per heavy atom. The Kier molecular flexibility index (Phi) is 8.36. The van der Waals surface area contributed by atoms with Crippen LogP contribution >= 0.6 is 23.4 Å². The molecule has 0 saturated heterocycles. The van der Waals surface area contributed by atoms with Crippen LogP contribution in [0, 0.1) is 6.92 Å². The molecule has 0 heterocycles. The number of halogens is 1. The van der Waals surface area contributed by atoms with Crippen molar-refractivity contribution >= 4 is 50.7 Å². The number of benzene rings is 4. The molecule has 184 valence electrons. The molecule has 36 heavy (non-hydrogen) atoms. The minimum absolute atomic E-state index is 0.122. The summed E-state index contributed by atoms with van der Waals surface area (Å²) in [5, 5.41) is 3.58. The maximum Gasteiger partial charge on any atom is 0.264 e. The summed E-state index contributed by atoms with van der Waals surface area (Å²) in [6.45, 7) is 1.56. The number of aryl methyl sites for hydroxylation is 1. The number of carbonyl (C=O) groups excluding carboxylic acids is 1.